The van der Waals surface area contributed by atoms with Gasteiger partial charge in [0.25, 0.3) is 11.8 Å². The first-order chi connectivity index (χ1) is 13.5. The zero-order valence-electron chi connectivity index (χ0n) is 15.6. The minimum absolute atomic E-state index is 0.0254. The normalized spacial score (nSPS) is 15.6. The van der Waals surface area contributed by atoms with E-state index < -0.39 is 11.8 Å². The number of amides is 2. The summed E-state index contributed by atoms with van der Waals surface area (Å²) in [7, 11) is 0. The summed E-state index contributed by atoms with van der Waals surface area (Å²) in [5.41, 5.74) is 1.16. The summed E-state index contributed by atoms with van der Waals surface area (Å²) in [4.78, 5) is 26.8. The molecule has 0 bridgehead atoms. The van der Waals surface area contributed by atoms with Crippen molar-refractivity contribution >= 4 is 40.9 Å². The van der Waals surface area contributed by atoms with Crippen LogP contribution in [0.5, 0.6) is 11.5 Å². The predicted octanol–water partition coefficient (Wildman–Crippen LogP) is 3.32. The van der Waals surface area contributed by atoms with Gasteiger partial charge in [-0.15, -0.1) is 0 Å². The van der Waals surface area contributed by atoms with Crippen molar-refractivity contribution in [3.63, 3.8) is 0 Å². The minimum Gasteiger partial charge on any atom is -0.494 e. The highest BCUT2D eigenvalue weighted by molar-refractivity contribution is 7.80. The van der Waals surface area contributed by atoms with Gasteiger partial charge in [-0.1, -0.05) is 18.2 Å². The molecule has 0 spiro atoms. The number of hydrogen-bond donors (Lipinski definition) is 1. The van der Waals surface area contributed by atoms with E-state index in [9.17, 15) is 9.59 Å². The van der Waals surface area contributed by atoms with Crippen LogP contribution < -0.4 is 19.7 Å². The molecular weight excluding hydrogens is 376 g/mol. The molecule has 1 N–H and O–H groups in total. The number of carbonyl (C=O) groups excluding carboxylic acids is 2. The zero-order chi connectivity index (χ0) is 20.1. The van der Waals surface area contributed by atoms with E-state index >= 15 is 0 Å². The molecule has 0 saturated carbocycles. The maximum atomic E-state index is 13.0. The molecule has 6 nitrogen and oxygen atoms in total. The quantitative estimate of drug-likeness (QED) is 0.461. The van der Waals surface area contributed by atoms with Gasteiger partial charge in [-0.3, -0.25) is 19.8 Å². The standard InChI is InChI=1S/C21H20N2O4S/c1-3-26-16-11-10-14(18(13-16)27-4-2)12-17-19(24)22-21(28)23(20(17)25)15-8-6-5-7-9-15/h5-13H,3-4H2,1-2H3,(H,22,24,28). The van der Waals surface area contributed by atoms with Crippen LogP contribution in [-0.4, -0.2) is 30.1 Å². The SMILES string of the molecule is CCOc1ccc(C=C2C(=O)NC(=S)N(c3ccccc3)C2=O)c(OCC)c1. The van der Waals surface area contributed by atoms with E-state index in [1.165, 1.54) is 11.0 Å². The average Bonchev–Trinajstić information content (AvgIpc) is 2.68. The number of carbonyl (C=O) groups is 2. The number of rotatable bonds is 6. The summed E-state index contributed by atoms with van der Waals surface area (Å²) >= 11 is 5.20. The van der Waals surface area contributed by atoms with Crippen LogP contribution in [0.15, 0.2) is 54.1 Å². The summed E-state index contributed by atoms with van der Waals surface area (Å²) in [5.74, 6) is 0.148. The molecule has 0 aromatic heterocycles. The lowest BCUT2D eigenvalue weighted by Crippen LogP contribution is -2.54. The number of anilines is 1. The Morgan fingerprint density at radius 3 is 2.43 bits per heavy atom. The summed E-state index contributed by atoms with van der Waals surface area (Å²) < 4.78 is 11.2. The minimum atomic E-state index is -0.543. The van der Waals surface area contributed by atoms with Crippen molar-refractivity contribution < 1.29 is 19.1 Å². The number of hydrogen-bond acceptors (Lipinski definition) is 5. The van der Waals surface area contributed by atoms with E-state index in [1.807, 2.05) is 19.9 Å². The Bertz CT molecular complexity index is 941. The van der Waals surface area contributed by atoms with Gasteiger partial charge in [0.15, 0.2) is 5.11 Å². The van der Waals surface area contributed by atoms with Gasteiger partial charge >= 0.3 is 0 Å². The second-order valence-corrected chi connectivity index (χ2v) is 6.25. The molecular formula is C21H20N2O4S. The molecule has 1 heterocycles. The highest BCUT2D eigenvalue weighted by atomic mass is 32.1. The Balaban J connectivity index is 2.01. The van der Waals surface area contributed by atoms with Gasteiger partial charge in [0.2, 0.25) is 0 Å². The third-order valence-corrected chi connectivity index (χ3v) is 4.30. The molecule has 0 unspecified atom stereocenters. The highest BCUT2D eigenvalue weighted by Crippen LogP contribution is 2.29. The maximum absolute atomic E-state index is 13.0. The number of thiocarbonyl (C=S) groups is 1. The van der Waals surface area contributed by atoms with Crippen LogP contribution in [0.3, 0.4) is 0 Å². The third-order valence-electron chi connectivity index (χ3n) is 4.01. The fourth-order valence-electron chi connectivity index (χ4n) is 2.80. The Kier molecular flexibility index (Phi) is 6.06. The molecule has 3 rings (SSSR count). The topological polar surface area (TPSA) is 67.9 Å². The van der Waals surface area contributed by atoms with E-state index in [0.717, 1.165) is 0 Å². The molecule has 0 radical (unpaired) electrons. The first-order valence-electron chi connectivity index (χ1n) is 8.91. The van der Waals surface area contributed by atoms with E-state index in [4.69, 9.17) is 21.7 Å². The Morgan fingerprint density at radius 1 is 1.04 bits per heavy atom. The number of ether oxygens (including phenoxy) is 2. The van der Waals surface area contributed by atoms with Gasteiger partial charge < -0.3 is 9.47 Å². The van der Waals surface area contributed by atoms with Gasteiger partial charge in [-0.2, -0.15) is 0 Å². The Hall–Kier alpha value is -3.19. The Labute approximate surface area is 168 Å². The van der Waals surface area contributed by atoms with Gasteiger partial charge in [0.1, 0.15) is 17.1 Å². The average molecular weight is 396 g/mol. The third kappa shape index (κ3) is 4.04. The second kappa shape index (κ2) is 8.67. The lowest BCUT2D eigenvalue weighted by molar-refractivity contribution is -0.122. The maximum Gasteiger partial charge on any atom is 0.270 e. The molecule has 2 aromatic rings. The van der Waals surface area contributed by atoms with Crippen molar-refractivity contribution in [2.45, 2.75) is 13.8 Å². The first kappa shape index (κ1) is 19.6. The van der Waals surface area contributed by atoms with Gasteiger partial charge in [-0.25, -0.2) is 0 Å². The van der Waals surface area contributed by atoms with Crippen LogP contribution in [0.1, 0.15) is 19.4 Å². The molecule has 7 heteroatoms. The first-order valence-corrected chi connectivity index (χ1v) is 9.32. The van der Waals surface area contributed by atoms with Crippen molar-refractivity contribution in [1.82, 2.24) is 5.32 Å². The molecule has 1 aliphatic heterocycles. The van der Waals surface area contributed by atoms with Crippen LogP contribution in [-0.2, 0) is 9.59 Å². The van der Waals surface area contributed by atoms with Crippen molar-refractivity contribution in [3.8, 4) is 11.5 Å². The number of nitrogens with one attached hydrogen (secondary N) is 1. The van der Waals surface area contributed by atoms with Crippen LogP contribution in [0.4, 0.5) is 5.69 Å². The number of nitrogens with zero attached hydrogens (tertiary/aromatic N) is 1. The van der Waals surface area contributed by atoms with Crippen LogP contribution in [0, 0.1) is 0 Å². The molecule has 0 atom stereocenters. The fraction of sp³-hybridized carbons (Fsp3) is 0.190. The van der Waals surface area contributed by atoms with Crippen molar-refractivity contribution in [1.29, 1.82) is 0 Å². The monoisotopic (exact) mass is 396 g/mol. The van der Waals surface area contributed by atoms with E-state index in [2.05, 4.69) is 5.32 Å². The van der Waals surface area contributed by atoms with Crippen LogP contribution >= 0.6 is 12.2 Å². The molecule has 2 amide bonds. The smallest absolute Gasteiger partial charge is 0.270 e. The molecule has 0 aliphatic carbocycles. The van der Waals surface area contributed by atoms with Crippen molar-refractivity contribution in [2.75, 3.05) is 18.1 Å². The largest absolute Gasteiger partial charge is 0.494 e. The summed E-state index contributed by atoms with van der Waals surface area (Å²) in [5, 5.41) is 2.63. The number of benzene rings is 2. The van der Waals surface area contributed by atoms with Gasteiger partial charge in [0, 0.05) is 11.6 Å². The molecule has 144 valence electrons. The van der Waals surface area contributed by atoms with E-state index in [0.29, 0.717) is 36.0 Å². The molecule has 28 heavy (non-hydrogen) atoms. The van der Waals surface area contributed by atoms with Gasteiger partial charge in [-0.05, 0) is 56.4 Å². The molecule has 1 saturated heterocycles. The predicted molar refractivity (Wildman–Crippen MR) is 111 cm³/mol. The second-order valence-electron chi connectivity index (χ2n) is 5.86. The number of para-hydroxylation sites is 1. The summed E-state index contributed by atoms with van der Waals surface area (Å²) in [6, 6.07) is 14.2. The lowest BCUT2D eigenvalue weighted by Gasteiger charge is -2.29. The molecule has 1 aliphatic rings. The Morgan fingerprint density at radius 2 is 1.75 bits per heavy atom. The van der Waals surface area contributed by atoms with E-state index in [-0.39, 0.29) is 10.7 Å². The molecule has 2 aromatic carbocycles. The summed E-state index contributed by atoms with van der Waals surface area (Å²) in [6.45, 7) is 4.71. The molecule has 1 fully saturated rings. The lowest BCUT2D eigenvalue weighted by atomic mass is 10.1. The zero-order valence-corrected chi connectivity index (χ0v) is 16.4. The van der Waals surface area contributed by atoms with Crippen molar-refractivity contribution in [3.05, 3.63) is 59.7 Å². The van der Waals surface area contributed by atoms with Crippen LogP contribution in [0.2, 0.25) is 0 Å². The fourth-order valence-corrected chi connectivity index (χ4v) is 3.08. The van der Waals surface area contributed by atoms with Crippen LogP contribution in [0.25, 0.3) is 6.08 Å². The highest BCUT2D eigenvalue weighted by Gasteiger charge is 2.34. The summed E-state index contributed by atoms with van der Waals surface area (Å²) in [6.07, 6.45) is 1.51. The van der Waals surface area contributed by atoms with E-state index in [1.54, 1.807) is 42.5 Å². The van der Waals surface area contributed by atoms with Crippen molar-refractivity contribution in [2.24, 2.45) is 0 Å². The van der Waals surface area contributed by atoms with Gasteiger partial charge in [0.05, 0.1) is 18.9 Å².